The minimum atomic E-state index is -0.467. The van der Waals surface area contributed by atoms with E-state index < -0.39 is 5.41 Å². The van der Waals surface area contributed by atoms with Gasteiger partial charge < -0.3 is 4.90 Å². The van der Waals surface area contributed by atoms with Gasteiger partial charge in [0, 0.05) is 22.1 Å². The van der Waals surface area contributed by atoms with Crippen LogP contribution in [0.2, 0.25) is 0 Å². The van der Waals surface area contributed by atoms with Crippen LogP contribution in [0.5, 0.6) is 0 Å². The molecule has 0 atom stereocenters. The van der Waals surface area contributed by atoms with Crippen molar-refractivity contribution in [2.75, 3.05) is 4.90 Å². The Balaban J connectivity index is 1.27. The van der Waals surface area contributed by atoms with Crippen LogP contribution in [0.4, 0.5) is 17.1 Å². The van der Waals surface area contributed by atoms with Crippen molar-refractivity contribution < 1.29 is 0 Å². The molecule has 1 heteroatoms. The minimum absolute atomic E-state index is 0.119. The average molecular weight is 650 g/mol. The molecular formula is C50H35N. The smallest absolute Gasteiger partial charge is 0.0746 e. The van der Waals surface area contributed by atoms with Crippen molar-refractivity contribution in [2.24, 2.45) is 0 Å². The van der Waals surface area contributed by atoms with Crippen LogP contribution in [0.15, 0.2) is 176 Å². The standard InChI is InChI=1S/C50H35N/c1-49(2)41-23-9-5-18-35(41)39-30-29-33(31-45(39)49)51(46-27-13-16-32-15-3-4-17-34(32)46)47-28-14-22-40-38-21-8-12-26-44(38)50(48(40)47)42-24-10-6-19-36(42)37-20-7-11-25-43(37)50/h3-31H,1-2H3. The summed E-state index contributed by atoms with van der Waals surface area (Å²) in [5, 5.41) is 2.47. The molecule has 0 heterocycles. The molecule has 0 saturated carbocycles. The lowest BCUT2D eigenvalue weighted by Gasteiger charge is -2.36. The molecule has 240 valence electrons. The van der Waals surface area contributed by atoms with Gasteiger partial charge in [0.1, 0.15) is 0 Å². The molecule has 0 bridgehead atoms. The highest BCUT2D eigenvalue weighted by Gasteiger charge is 2.53. The van der Waals surface area contributed by atoms with Gasteiger partial charge in [0.25, 0.3) is 0 Å². The normalized spacial score (nSPS) is 14.8. The van der Waals surface area contributed by atoms with Gasteiger partial charge in [-0.25, -0.2) is 0 Å². The van der Waals surface area contributed by atoms with E-state index in [0.717, 1.165) is 0 Å². The van der Waals surface area contributed by atoms with Crippen molar-refractivity contribution in [3.63, 3.8) is 0 Å². The molecule has 1 spiro atoms. The Bertz CT molecular complexity index is 2680. The number of fused-ring (bicyclic) bond motifs is 14. The monoisotopic (exact) mass is 649 g/mol. The van der Waals surface area contributed by atoms with Gasteiger partial charge in [-0.3, -0.25) is 0 Å². The number of hydrogen-bond donors (Lipinski definition) is 0. The third-order valence-corrected chi connectivity index (χ3v) is 12.1. The molecule has 0 amide bonds. The van der Waals surface area contributed by atoms with Gasteiger partial charge in [-0.05, 0) is 90.8 Å². The van der Waals surface area contributed by atoms with Gasteiger partial charge in [-0.2, -0.15) is 0 Å². The summed E-state index contributed by atoms with van der Waals surface area (Å²) in [7, 11) is 0. The Kier molecular flexibility index (Phi) is 5.72. The van der Waals surface area contributed by atoms with Gasteiger partial charge >= 0.3 is 0 Å². The van der Waals surface area contributed by atoms with Crippen molar-refractivity contribution in [1.29, 1.82) is 0 Å². The molecule has 3 aliphatic carbocycles. The molecule has 0 radical (unpaired) electrons. The summed E-state index contributed by atoms with van der Waals surface area (Å²) in [5.41, 5.74) is 19.1. The average Bonchev–Trinajstić information content (AvgIpc) is 3.74. The van der Waals surface area contributed by atoms with Crippen LogP contribution in [0.1, 0.15) is 47.2 Å². The van der Waals surface area contributed by atoms with E-state index in [4.69, 9.17) is 0 Å². The zero-order valence-corrected chi connectivity index (χ0v) is 28.7. The van der Waals surface area contributed by atoms with Crippen LogP contribution < -0.4 is 4.90 Å². The lowest BCUT2D eigenvalue weighted by atomic mass is 9.70. The van der Waals surface area contributed by atoms with E-state index in [1.807, 2.05) is 0 Å². The van der Waals surface area contributed by atoms with Crippen LogP contribution in [-0.2, 0) is 10.8 Å². The highest BCUT2D eigenvalue weighted by Crippen LogP contribution is 2.65. The van der Waals surface area contributed by atoms with E-state index >= 15 is 0 Å². The van der Waals surface area contributed by atoms with Crippen LogP contribution >= 0.6 is 0 Å². The van der Waals surface area contributed by atoms with Crippen molar-refractivity contribution in [3.8, 4) is 33.4 Å². The maximum absolute atomic E-state index is 2.57. The molecule has 8 aromatic rings. The lowest BCUT2D eigenvalue weighted by Crippen LogP contribution is -2.28. The Morgan fingerprint density at radius 3 is 1.53 bits per heavy atom. The third-order valence-electron chi connectivity index (χ3n) is 12.1. The van der Waals surface area contributed by atoms with Crippen LogP contribution in [0.3, 0.4) is 0 Å². The zero-order chi connectivity index (χ0) is 33.9. The molecule has 11 rings (SSSR count). The van der Waals surface area contributed by atoms with Crippen LogP contribution in [-0.4, -0.2) is 0 Å². The summed E-state index contributed by atoms with van der Waals surface area (Å²) >= 11 is 0. The zero-order valence-electron chi connectivity index (χ0n) is 28.7. The molecule has 0 aliphatic heterocycles. The SMILES string of the molecule is CC1(C)c2ccccc2-c2ccc(N(c3cccc4c3C3(c5ccccc5-c5ccccc53)c3ccccc3-4)c3cccc4ccccc34)cc21. The Morgan fingerprint density at radius 2 is 0.843 bits per heavy atom. The first kappa shape index (κ1) is 28.6. The maximum atomic E-state index is 2.57. The second-order valence-corrected chi connectivity index (χ2v) is 14.8. The topological polar surface area (TPSA) is 3.24 Å². The predicted octanol–water partition coefficient (Wildman–Crippen LogP) is 13.0. The highest BCUT2D eigenvalue weighted by molar-refractivity contribution is 6.04. The van der Waals surface area contributed by atoms with E-state index in [-0.39, 0.29) is 5.41 Å². The lowest BCUT2D eigenvalue weighted by molar-refractivity contribution is 0.660. The fourth-order valence-electron chi connectivity index (χ4n) is 9.96. The number of nitrogens with zero attached hydrogens (tertiary/aromatic N) is 1. The number of hydrogen-bond acceptors (Lipinski definition) is 1. The summed E-state index contributed by atoms with van der Waals surface area (Å²) in [6.45, 7) is 4.75. The molecule has 3 aliphatic rings. The fraction of sp³-hybridized carbons (Fsp3) is 0.0800. The first-order valence-corrected chi connectivity index (χ1v) is 18.0. The summed E-state index contributed by atoms with van der Waals surface area (Å²) in [6, 6.07) is 66.0. The van der Waals surface area contributed by atoms with E-state index in [1.54, 1.807) is 0 Å². The molecule has 0 aromatic heterocycles. The largest absolute Gasteiger partial charge is 0.310 e. The van der Waals surface area contributed by atoms with E-state index in [2.05, 4.69) is 195 Å². The molecule has 0 saturated heterocycles. The van der Waals surface area contributed by atoms with Crippen molar-refractivity contribution in [1.82, 2.24) is 0 Å². The third kappa shape index (κ3) is 3.60. The number of anilines is 3. The van der Waals surface area contributed by atoms with Gasteiger partial charge in [-0.15, -0.1) is 0 Å². The van der Waals surface area contributed by atoms with Crippen LogP contribution in [0.25, 0.3) is 44.2 Å². The minimum Gasteiger partial charge on any atom is -0.310 e. The Labute approximate surface area is 299 Å². The van der Waals surface area contributed by atoms with Gasteiger partial charge in [-0.1, -0.05) is 166 Å². The van der Waals surface area contributed by atoms with Gasteiger partial charge in [0.2, 0.25) is 0 Å². The fourth-order valence-corrected chi connectivity index (χ4v) is 9.96. The van der Waals surface area contributed by atoms with Crippen molar-refractivity contribution >= 4 is 27.8 Å². The molecular weight excluding hydrogens is 615 g/mol. The van der Waals surface area contributed by atoms with Crippen molar-refractivity contribution in [3.05, 3.63) is 209 Å². The van der Waals surface area contributed by atoms with Crippen LogP contribution in [0, 0.1) is 0 Å². The second kappa shape index (κ2) is 10.2. The molecule has 0 fully saturated rings. The molecule has 1 nitrogen and oxygen atoms in total. The first-order valence-electron chi connectivity index (χ1n) is 18.0. The van der Waals surface area contributed by atoms with Gasteiger partial charge in [0.05, 0.1) is 16.8 Å². The summed E-state index contributed by atoms with van der Waals surface area (Å²) < 4.78 is 0. The van der Waals surface area contributed by atoms with E-state index in [9.17, 15) is 0 Å². The molecule has 0 N–H and O–H groups in total. The second-order valence-electron chi connectivity index (χ2n) is 14.8. The summed E-state index contributed by atoms with van der Waals surface area (Å²) in [5.74, 6) is 0. The molecule has 0 unspecified atom stereocenters. The maximum Gasteiger partial charge on any atom is 0.0746 e. The van der Waals surface area contributed by atoms with Gasteiger partial charge in [0.15, 0.2) is 0 Å². The van der Waals surface area contributed by atoms with E-state index in [1.165, 1.54) is 94.6 Å². The molecule has 8 aromatic carbocycles. The first-order chi connectivity index (χ1) is 25.1. The number of benzene rings is 8. The van der Waals surface area contributed by atoms with E-state index in [0.29, 0.717) is 0 Å². The quantitative estimate of drug-likeness (QED) is 0.184. The predicted molar refractivity (Wildman–Crippen MR) is 212 cm³/mol. The Morgan fingerprint density at radius 1 is 0.373 bits per heavy atom. The highest BCUT2D eigenvalue weighted by atomic mass is 15.1. The summed E-state index contributed by atoms with van der Waals surface area (Å²) in [6.07, 6.45) is 0. The Hall–Kier alpha value is -6.18. The molecule has 51 heavy (non-hydrogen) atoms. The summed E-state index contributed by atoms with van der Waals surface area (Å²) in [4.78, 5) is 2.57. The number of rotatable bonds is 3. The van der Waals surface area contributed by atoms with Crippen molar-refractivity contribution in [2.45, 2.75) is 24.7 Å².